The summed E-state index contributed by atoms with van der Waals surface area (Å²) >= 11 is 4.66. The summed E-state index contributed by atoms with van der Waals surface area (Å²) in [5.41, 5.74) is -1.60. The fourth-order valence-corrected chi connectivity index (χ4v) is 2.15. The second-order valence-corrected chi connectivity index (χ2v) is 5.20. The lowest BCUT2D eigenvalue weighted by atomic mass is 10.2. The molecule has 0 unspecified atom stereocenters. The first-order chi connectivity index (χ1) is 12.5. The number of hydrogen-bond acceptors (Lipinski definition) is 3. The maximum atomic E-state index is 13.8. The van der Waals surface area contributed by atoms with E-state index in [2.05, 4.69) is 17.0 Å². The van der Waals surface area contributed by atoms with Crippen LogP contribution >= 0.6 is 12.2 Å². The van der Waals surface area contributed by atoms with Crippen LogP contribution in [0.25, 0.3) is 0 Å². The van der Waals surface area contributed by atoms with Crippen molar-refractivity contribution in [2.45, 2.75) is 6.36 Å². The first-order valence-corrected chi connectivity index (χ1v) is 7.20. The number of nitrogens with one attached hydrogen (secondary N) is 2. The summed E-state index contributed by atoms with van der Waals surface area (Å²) in [6, 6.07) is 2.50. The molecule has 0 heterocycles. The largest absolute Gasteiger partial charge is 0.573 e. The maximum Gasteiger partial charge on any atom is 0.573 e. The Hall–Kier alpha value is -2.89. The van der Waals surface area contributed by atoms with Gasteiger partial charge in [0.05, 0.1) is 11.3 Å². The molecule has 2 aromatic carbocycles. The van der Waals surface area contributed by atoms with E-state index in [1.165, 1.54) is 0 Å². The molecule has 27 heavy (non-hydrogen) atoms. The topological polar surface area (TPSA) is 50.4 Å². The van der Waals surface area contributed by atoms with Gasteiger partial charge in [0.15, 0.2) is 11.6 Å². The minimum Gasteiger partial charge on any atom is -0.403 e. The number of amides is 2. The van der Waals surface area contributed by atoms with E-state index in [0.717, 1.165) is 18.2 Å². The van der Waals surface area contributed by atoms with E-state index in [-0.39, 0.29) is 0 Å². The molecule has 2 rings (SSSR count). The molecule has 0 aliphatic carbocycles. The average Bonchev–Trinajstić information content (AvgIpc) is 2.53. The number of urea groups is 1. The molecule has 0 radical (unpaired) electrons. The molecular weight excluding hydrogens is 405 g/mol. The Bertz CT molecular complexity index is 882. The number of carbonyl (C=O) groups is 1. The molecule has 0 aromatic heterocycles. The van der Waals surface area contributed by atoms with E-state index in [0.29, 0.717) is 12.1 Å². The first kappa shape index (κ1) is 20.4. The predicted molar refractivity (Wildman–Crippen MR) is 83.3 cm³/mol. The SMILES string of the molecule is O=C(NC(=S)c1c(F)cccc1F)Nc1ccc(OC(F)(F)F)c(F)c1F. The van der Waals surface area contributed by atoms with Crippen molar-refractivity contribution in [2.75, 3.05) is 5.32 Å². The fraction of sp³-hybridized carbons (Fsp3) is 0.0667. The van der Waals surface area contributed by atoms with E-state index < -0.39 is 57.7 Å². The van der Waals surface area contributed by atoms with Crippen LogP contribution in [0.1, 0.15) is 5.56 Å². The zero-order valence-corrected chi connectivity index (χ0v) is 13.6. The Labute approximate surface area is 151 Å². The van der Waals surface area contributed by atoms with E-state index in [9.17, 15) is 35.5 Å². The quantitative estimate of drug-likeness (QED) is 0.571. The van der Waals surface area contributed by atoms with Crippen LogP contribution in [0.4, 0.5) is 41.2 Å². The van der Waals surface area contributed by atoms with Crippen molar-refractivity contribution in [3.63, 3.8) is 0 Å². The summed E-state index contributed by atoms with van der Waals surface area (Å²) < 4.78 is 93.9. The minimum absolute atomic E-state index is 0.427. The third-order valence-corrected chi connectivity index (χ3v) is 3.24. The van der Waals surface area contributed by atoms with Crippen molar-refractivity contribution in [3.05, 3.63) is 59.2 Å². The molecule has 0 atom stereocenters. The minimum atomic E-state index is -5.25. The van der Waals surface area contributed by atoms with Crippen LogP contribution in [0.3, 0.4) is 0 Å². The molecule has 0 saturated heterocycles. The highest BCUT2D eigenvalue weighted by atomic mass is 32.1. The van der Waals surface area contributed by atoms with Gasteiger partial charge in [0.1, 0.15) is 16.6 Å². The Morgan fingerprint density at radius 3 is 2.11 bits per heavy atom. The number of thiocarbonyl (C=S) groups is 1. The van der Waals surface area contributed by atoms with Crippen LogP contribution in [0, 0.1) is 23.3 Å². The number of alkyl halides is 3. The molecule has 2 aromatic rings. The van der Waals surface area contributed by atoms with Crippen LogP contribution < -0.4 is 15.4 Å². The molecule has 2 N–H and O–H groups in total. The molecule has 0 fully saturated rings. The molecule has 2 amide bonds. The van der Waals surface area contributed by atoms with Crippen LogP contribution in [-0.4, -0.2) is 17.4 Å². The third kappa shape index (κ3) is 5.06. The first-order valence-electron chi connectivity index (χ1n) is 6.79. The van der Waals surface area contributed by atoms with Crippen LogP contribution in [0.15, 0.2) is 30.3 Å². The lowest BCUT2D eigenvalue weighted by Crippen LogP contribution is -2.35. The second kappa shape index (κ2) is 7.78. The molecule has 12 heteroatoms. The van der Waals surface area contributed by atoms with Crippen LogP contribution in [-0.2, 0) is 0 Å². The highest BCUT2D eigenvalue weighted by molar-refractivity contribution is 7.80. The number of anilines is 1. The van der Waals surface area contributed by atoms with Gasteiger partial charge in [-0.25, -0.2) is 18.0 Å². The Balaban J connectivity index is 2.14. The lowest BCUT2D eigenvalue weighted by Gasteiger charge is -2.13. The zero-order valence-electron chi connectivity index (χ0n) is 12.8. The molecule has 0 saturated carbocycles. The van der Waals surface area contributed by atoms with Gasteiger partial charge in [-0.2, -0.15) is 4.39 Å². The van der Waals surface area contributed by atoms with Gasteiger partial charge in [-0.05, 0) is 24.3 Å². The maximum absolute atomic E-state index is 13.8. The summed E-state index contributed by atoms with van der Waals surface area (Å²) in [5, 5.41) is 3.57. The van der Waals surface area contributed by atoms with E-state index in [1.807, 2.05) is 5.32 Å². The van der Waals surface area contributed by atoms with Gasteiger partial charge in [-0.3, -0.25) is 5.32 Å². The van der Waals surface area contributed by atoms with Crippen molar-refractivity contribution in [1.82, 2.24) is 5.32 Å². The monoisotopic (exact) mass is 412 g/mol. The standard InChI is InChI=1S/C15H7F7N2O2S/c16-6-2-1-3-7(17)10(6)13(27)24-14(25)23-8-4-5-9(12(19)11(8)18)26-15(20,21)22/h1-5H,(H2,23,24,25,27). The normalized spacial score (nSPS) is 11.1. The van der Waals surface area contributed by atoms with E-state index >= 15 is 0 Å². The summed E-state index contributed by atoms with van der Waals surface area (Å²) in [5.74, 6) is -7.46. The van der Waals surface area contributed by atoms with Gasteiger partial charge < -0.3 is 10.1 Å². The summed E-state index contributed by atoms with van der Waals surface area (Å²) in [6.45, 7) is 0. The van der Waals surface area contributed by atoms with Crippen molar-refractivity contribution < 1.29 is 40.3 Å². The average molecular weight is 412 g/mol. The van der Waals surface area contributed by atoms with Gasteiger partial charge in [0, 0.05) is 0 Å². The molecule has 144 valence electrons. The highest BCUT2D eigenvalue weighted by Crippen LogP contribution is 2.30. The number of carbonyl (C=O) groups excluding carboxylic acids is 1. The van der Waals surface area contributed by atoms with E-state index in [1.54, 1.807) is 5.32 Å². The number of hydrogen-bond donors (Lipinski definition) is 2. The number of rotatable bonds is 3. The molecule has 0 aliphatic rings. The number of halogens is 7. The molecule has 4 nitrogen and oxygen atoms in total. The van der Waals surface area contributed by atoms with Gasteiger partial charge in [0.25, 0.3) is 0 Å². The van der Waals surface area contributed by atoms with Crippen molar-refractivity contribution in [1.29, 1.82) is 0 Å². The highest BCUT2D eigenvalue weighted by Gasteiger charge is 2.33. The zero-order chi connectivity index (χ0) is 20.4. The Morgan fingerprint density at radius 1 is 0.963 bits per heavy atom. The molecular formula is C15H7F7N2O2S. The smallest absolute Gasteiger partial charge is 0.403 e. The van der Waals surface area contributed by atoms with E-state index in [4.69, 9.17) is 0 Å². The van der Waals surface area contributed by atoms with Crippen molar-refractivity contribution in [3.8, 4) is 5.75 Å². The molecule has 0 spiro atoms. The van der Waals surface area contributed by atoms with Gasteiger partial charge in [0.2, 0.25) is 5.82 Å². The lowest BCUT2D eigenvalue weighted by molar-refractivity contribution is -0.275. The van der Waals surface area contributed by atoms with Crippen molar-refractivity contribution >= 4 is 28.9 Å². The van der Waals surface area contributed by atoms with Gasteiger partial charge in [-0.1, -0.05) is 18.3 Å². The van der Waals surface area contributed by atoms with Crippen LogP contribution in [0.2, 0.25) is 0 Å². The van der Waals surface area contributed by atoms with Crippen molar-refractivity contribution in [2.24, 2.45) is 0 Å². The Morgan fingerprint density at radius 2 is 1.56 bits per heavy atom. The van der Waals surface area contributed by atoms with Crippen LogP contribution in [0.5, 0.6) is 5.75 Å². The number of benzene rings is 2. The number of ether oxygens (including phenoxy) is 1. The Kier molecular flexibility index (Phi) is 5.88. The second-order valence-electron chi connectivity index (χ2n) is 4.79. The molecule has 0 bridgehead atoms. The van der Waals surface area contributed by atoms with Gasteiger partial charge in [-0.15, -0.1) is 13.2 Å². The summed E-state index contributed by atoms with van der Waals surface area (Å²) in [6.07, 6.45) is -5.25. The fourth-order valence-electron chi connectivity index (χ4n) is 1.87. The third-order valence-electron chi connectivity index (χ3n) is 2.94. The van der Waals surface area contributed by atoms with Gasteiger partial charge >= 0.3 is 12.4 Å². The molecule has 0 aliphatic heterocycles. The summed E-state index contributed by atoms with van der Waals surface area (Å²) in [7, 11) is 0. The summed E-state index contributed by atoms with van der Waals surface area (Å²) in [4.78, 5) is 11.0. The predicted octanol–water partition coefficient (Wildman–Crippen LogP) is 4.64.